The van der Waals surface area contributed by atoms with Crippen LogP contribution < -0.4 is 5.32 Å². The minimum absolute atomic E-state index is 0.0251. The Bertz CT molecular complexity index is 633. The van der Waals surface area contributed by atoms with E-state index < -0.39 is 0 Å². The Labute approximate surface area is 121 Å². The lowest BCUT2D eigenvalue weighted by atomic mass is 9.82. The van der Waals surface area contributed by atoms with Crippen molar-refractivity contribution >= 4 is 34.6 Å². The molecule has 1 fully saturated rings. The highest BCUT2D eigenvalue weighted by molar-refractivity contribution is 6.33. The van der Waals surface area contributed by atoms with Gasteiger partial charge in [-0.2, -0.15) is 9.97 Å². The van der Waals surface area contributed by atoms with Crippen LogP contribution in [-0.4, -0.2) is 25.8 Å². The third-order valence-corrected chi connectivity index (χ3v) is 4.14. The number of hydrogen-bond acceptors (Lipinski definition) is 4. The van der Waals surface area contributed by atoms with E-state index in [1.807, 2.05) is 0 Å². The Morgan fingerprint density at radius 2 is 2.10 bits per heavy atom. The number of H-pyrrole nitrogens is 1. The molecule has 0 unspecified atom stereocenters. The first-order valence-corrected chi connectivity index (χ1v) is 7.18. The summed E-state index contributed by atoms with van der Waals surface area (Å²) in [5.74, 6) is 0.953. The standard InChI is InChI=1S/C13H16ClN5O/c1-7-2-4-8(5-3-7)12(20)19-13-17-10(14)9-11(18-13)16-6-15-9/h6-8H,2-5H2,1H3,(H2,15,16,17,18,19,20). The van der Waals surface area contributed by atoms with Crippen LogP contribution in [0.5, 0.6) is 0 Å². The number of amides is 1. The first-order valence-electron chi connectivity index (χ1n) is 6.81. The van der Waals surface area contributed by atoms with Gasteiger partial charge in [-0.3, -0.25) is 10.1 Å². The lowest BCUT2D eigenvalue weighted by molar-refractivity contribution is -0.121. The van der Waals surface area contributed by atoms with E-state index in [-0.39, 0.29) is 22.9 Å². The number of halogens is 1. The van der Waals surface area contributed by atoms with Crippen molar-refractivity contribution in [3.05, 3.63) is 11.5 Å². The lowest BCUT2D eigenvalue weighted by Crippen LogP contribution is -2.27. The first kappa shape index (κ1) is 13.3. The van der Waals surface area contributed by atoms with Gasteiger partial charge in [0.1, 0.15) is 5.52 Å². The van der Waals surface area contributed by atoms with Gasteiger partial charge in [0.15, 0.2) is 10.8 Å². The fourth-order valence-electron chi connectivity index (χ4n) is 2.59. The fourth-order valence-corrected chi connectivity index (χ4v) is 2.81. The smallest absolute Gasteiger partial charge is 0.233 e. The summed E-state index contributed by atoms with van der Waals surface area (Å²) in [4.78, 5) is 27.3. The fraction of sp³-hybridized carbons (Fsp3) is 0.538. The van der Waals surface area contributed by atoms with Gasteiger partial charge in [-0.25, -0.2) is 4.98 Å². The van der Waals surface area contributed by atoms with Crippen molar-refractivity contribution < 1.29 is 4.79 Å². The quantitative estimate of drug-likeness (QED) is 0.834. The van der Waals surface area contributed by atoms with Crippen LogP contribution in [0.4, 0.5) is 5.95 Å². The van der Waals surface area contributed by atoms with E-state index in [2.05, 4.69) is 32.2 Å². The number of aromatic nitrogens is 4. The number of imidazole rings is 1. The van der Waals surface area contributed by atoms with Crippen LogP contribution in [0, 0.1) is 11.8 Å². The molecule has 0 saturated heterocycles. The molecule has 0 radical (unpaired) electrons. The molecule has 0 spiro atoms. The maximum Gasteiger partial charge on any atom is 0.233 e. The number of rotatable bonds is 2. The predicted octanol–water partition coefficient (Wildman–Crippen LogP) is 2.77. The largest absolute Gasteiger partial charge is 0.341 e. The Hall–Kier alpha value is -1.69. The van der Waals surface area contributed by atoms with Gasteiger partial charge in [0.2, 0.25) is 11.9 Å². The highest BCUT2D eigenvalue weighted by Crippen LogP contribution is 2.29. The van der Waals surface area contributed by atoms with Gasteiger partial charge in [-0.15, -0.1) is 0 Å². The molecule has 1 aliphatic rings. The van der Waals surface area contributed by atoms with Crippen LogP contribution in [-0.2, 0) is 4.79 Å². The highest BCUT2D eigenvalue weighted by Gasteiger charge is 2.25. The Kier molecular flexibility index (Phi) is 3.56. The zero-order chi connectivity index (χ0) is 14.1. The van der Waals surface area contributed by atoms with Gasteiger partial charge in [0, 0.05) is 5.92 Å². The van der Waals surface area contributed by atoms with Crippen molar-refractivity contribution in [1.29, 1.82) is 0 Å². The molecule has 1 amide bonds. The van der Waals surface area contributed by atoms with Crippen LogP contribution in [0.2, 0.25) is 5.15 Å². The molecule has 0 atom stereocenters. The van der Waals surface area contributed by atoms with Gasteiger partial charge >= 0.3 is 0 Å². The number of fused-ring (bicyclic) bond motifs is 1. The summed E-state index contributed by atoms with van der Waals surface area (Å²) in [5.41, 5.74) is 1.04. The van der Waals surface area contributed by atoms with Crippen LogP contribution >= 0.6 is 11.6 Å². The summed E-state index contributed by atoms with van der Waals surface area (Å²) >= 11 is 6.02. The number of nitrogens with one attached hydrogen (secondary N) is 2. The molecular formula is C13H16ClN5O. The third kappa shape index (κ3) is 2.60. The molecule has 3 rings (SSSR count). The average Bonchev–Trinajstić information content (AvgIpc) is 2.88. The molecular weight excluding hydrogens is 278 g/mol. The Morgan fingerprint density at radius 3 is 2.85 bits per heavy atom. The van der Waals surface area contributed by atoms with Crippen molar-refractivity contribution in [3.8, 4) is 0 Å². The number of nitrogens with zero attached hydrogens (tertiary/aromatic N) is 3. The van der Waals surface area contributed by atoms with Crippen LogP contribution in [0.3, 0.4) is 0 Å². The average molecular weight is 294 g/mol. The molecule has 2 aromatic heterocycles. The molecule has 0 aromatic carbocycles. The summed E-state index contributed by atoms with van der Waals surface area (Å²) in [6, 6.07) is 0. The number of hydrogen-bond donors (Lipinski definition) is 2. The second kappa shape index (κ2) is 5.36. The van der Waals surface area contributed by atoms with E-state index in [1.54, 1.807) is 0 Å². The van der Waals surface area contributed by atoms with E-state index in [0.717, 1.165) is 25.7 Å². The summed E-state index contributed by atoms with van der Waals surface area (Å²) < 4.78 is 0. The molecule has 2 heterocycles. The van der Waals surface area contributed by atoms with Gasteiger partial charge in [-0.1, -0.05) is 18.5 Å². The van der Waals surface area contributed by atoms with E-state index in [9.17, 15) is 4.79 Å². The van der Waals surface area contributed by atoms with Crippen molar-refractivity contribution in [2.75, 3.05) is 5.32 Å². The van der Waals surface area contributed by atoms with Crippen LogP contribution in [0.15, 0.2) is 6.33 Å². The summed E-state index contributed by atoms with van der Waals surface area (Å²) in [6.45, 7) is 2.22. The first-order chi connectivity index (χ1) is 9.63. The van der Waals surface area contributed by atoms with Crippen molar-refractivity contribution in [3.63, 3.8) is 0 Å². The number of aromatic amines is 1. The minimum Gasteiger partial charge on any atom is -0.341 e. The molecule has 1 saturated carbocycles. The SMILES string of the molecule is CC1CCC(C(=O)Nc2nc(Cl)c3[nH]cnc3n2)CC1. The maximum absolute atomic E-state index is 12.2. The van der Waals surface area contributed by atoms with Gasteiger partial charge < -0.3 is 4.98 Å². The zero-order valence-electron chi connectivity index (χ0n) is 11.2. The Balaban J connectivity index is 1.74. The molecule has 0 aliphatic heterocycles. The molecule has 6 nitrogen and oxygen atoms in total. The second-order valence-electron chi connectivity index (χ2n) is 5.39. The number of anilines is 1. The predicted molar refractivity (Wildman–Crippen MR) is 76.4 cm³/mol. The molecule has 0 bridgehead atoms. The maximum atomic E-state index is 12.2. The lowest BCUT2D eigenvalue weighted by Gasteiger charge is -2.24. The molecule has 2 N–H and O–H groups in total. The van der Waals surface area contributed by atoms with Gasteiger partial charge in [-0.05, 0) is 31.6 Å². The van der Waals surface area contributed by atoms with E-state index in [0.29, 0.717) is 17.1 Å². The number of carbonyl (C=O) groups is 1. The summed E-state index contributed by atoms with van der Waals surface area (Å²) in [5, 5.41) is 3.01. The van der Waals surface area contributed by atoms with E-state index in [4.69, 9.17) is 11.6 Å². The topological polar surface area (TPSA) is 83.6 Å². The highest BCUT2D eigenvalue weighted by atomic mass is 35.5. The normalized spacial score (nSPS) is 22.9. The Morgan fingerprint density at radius 1 is 1.35 bits per heavy atom. The molecule has 7 heteroatoms. The third-order valence-electron chi connectivity index (χ3n) is 3.86. The summed E-state index contributed by atoms with van der Waals surface area (Å²) in [7, 11) is 0. The van der Waals surface area contributed by atoms with Crippen LogP contribution in [0.25, 0.3) is 11.2 Å². The molecule has 20 heavy (non-hydrogen) atoms. The van der Waals surface area contributed by atoms with Crippen molar-refractivity contribution in [2.24, 2.45) is 11.8 Å². The molecule has 2 aromatic rings. The number of carbonyl (C=O) groups excluding carboxylic acids is 1. The van der Waals surface area contributed by atoms with Crippen molar-refractivity contribution in [2.45, 2.75) is 32.6 Å². The van der Waals surface area contributed by atoms with E-state index >= 15 is 0 Å². The van der Waals surface area contributed by atoms with Gasteiger partial charge in [0.25, 0.3) is 0 Å². The monoisotopic (exact) mass is 293 g/mol. The van der Waals surface area contributed by atoms with Crippen molar-refractivity contribution in [1.82, 2.24) is 19.9 Å². The second-order valence-corrected chi connectivity index (χ2v) is 5.74. The summed E-state index contributed by atoms with van der Waals surface area (Å²) in [6.07, 6.45) is 5.53. The molecule has 106 valence electrons. The minimum atomic E-state index is -0.0251. The molecule has 1 aliphatic carbocycles. The zero-order valence-corrected chi connectivity index (χ0v) is 11.9. The van der Waals surface area contributed by atoms with Crippen LogP contribution in [0.1, 0.15) is 32.6 Å². The van der Waals surface area contributed by atoms with E-state index in [1.165, 1.54) is 6.33 Å². The van der Waals surface area contributed by atoms with Gasteiger partial charge in [0.05, 0.1) is 6.33 Å².